The maximum absolute atomic E-state index is 13.1. The first-order valence-electron chi connectivity index (χ1n) is 8.93. The quantitative estimate of drug-likeness (QED) is 0.688. The van der Waals surface area contributed by atoms with Gasteiger partial charge in [-0.15, -0.1) is 0 Å². The van der Waals surface area contributed by atoms with E-state index in [1.54, 1.807) is 18.2 Å². The molecule has 0 amide bonds. The van der Waals surface area contributed by atoms with Crippen LogP contribution in [0.2, 0.25) is 0 Å². The summed E-state index contributed by atoms with van der Waals surface area (Å²) in [4.78, 5) is 13.2. The number of carbonyl (C=O) groups excluding carboxylic acids is 1. The molecule has 3 rings (SSSR count). The fraction of sp³-hybridized carbons (Fsp3) is 0.350. The van der Waals surface area contributed by atoms with Gasteiger partial charge in [-0.3, -0.25) is 4.79 Å². The fourth-order valence-corrected chi connectivity index (χ4v) is 4.96. The summed E-state index contributed by atoms with van der Waals surface area (Å²) in [6.45, 7) is 3.82. The summed E-state index contributed by atoms with van der Waals surface area (Å²) in [5.41, 5.74) is 2.65. The third-order valence-electron chi connectivity index (χ3n) is 4.92. The van der Waals surface area contributed by atoms with Crippen molar-refractivity contribution in [3.8, 4) is 11.5 Å². The fourth-order valence-electron chi connectivity index (χ4n) is 3.40. The van der Waals surface area contributed by atoms with E-state index in [9.17, 15) is 13.2 Å². The van der Waals surface area contributed by atoms with Crippen LogP contribution in [-0.2, 0) is 10.0 Å². The monoisotopic (exact) mass is 404 g/mol. The molecule has 2 aromatic rings. The predicted octanol–water partition coefficient (Wildman–Crippen LogP) is 2.34. The Kier molecular flexibility index (Phi) is 5.90. The van der Waals surface area contributed by atoms with E-state index in [1.807, 2.05) is 19.1 Å². The van der Waals surface area contributed by atoms with Crippen LogP contribution in [0.25, 0.3) is 0 Å². The van der Waals surface area contributed by atoms with Gasteiger partial charge in [0.05, 0.1) is 14.2 Å². The van der Waals surface area contributed by atoms with Gasteiger partial charge < -0.3 is 14.4 Å². The number of benzene rings is 2. The normalized spacial score (nSPS) is 15.3. The highest BCUT2D eigenvalue weighted by atomic mass is 32.2. The molecular formula is C20H24N2O5S. The molecule has 1 saturated heterocycles. The van der Waals surface area contributed by atoms with E-state index in [0.717, 1.165) is 17.5 Å². The van der Waals surface area contributed by atoms with Gasteiger partial charge in [0.25, 0.3) is 0 Å². The minimum absolute atomic E-state index is 0.135. The lowest BCUT2D eigenvalue weighted by molar-refractivity contribution is 0.112. The van der Waals surface area contributed by atoms with Crippen LogP contribution in [-0.4, -0.2) is 59.4 Å². The van der Waals surface area contributed by atoms with Gasteiger partial charge in [-0.25, -0.2) is 8.42 Å². The highest BCUT2D eigenvalue weighted by Crippen LogP contribution is 2.31. The molecule has 0 N–H and O–H groups in total. The molecule has 0 bridgehead atoms. The number of nitrogens with zero attached hydrogens (tertiary/aromatic N) is 2. The molecule has 2 aromatic carbocycles. The van der Waals surface area contributed by atoms with Crippen LogP contribution < -0.4 is 14.4 Å². The van der Waals surface area contributed by atoms with E-state index in [4.69, 9.17) is 9.47 Å². The first kappa shape index (κ1) is 20.2. The molecule has 7 nitrogen and oxygen atoms in total. The van der Waals surface area contributed by atoms with Crippen molar-refractivity contribution in [2.24, 2.45) is 0 Å². The van der Waals surface area contributed by atoms with Crippen molar-refractivity contribution in [1.82, 2.24) is 4.31 Å². The molecule has 0 aromatic heterocycles. The maximum atomic E-state index is 13.1. The SMILES string of the molecule is COc1ccc(S(=O)(=O)N2CCN(c3ccc(C=O)cc3C)CC2)c(OC)c1. The zero-order chi connectivity index (χ0) is 20.3. The minimum Gasteiger partial charge on any atom is -0.497 e. The van der Waals surface area contributed by atoms with Gasteiger partial charge in [-0.05, 0) is 42.8 Å². The van der Waals surface area contributed by atoms with Crippen LogP contribution in [0.3, 0.4) is 0 Å². The number of aryl methyl sites for hydroxylation is 1. The standard InChI is InChI=1S/C20H24N2O5S/c1-15-12-16(14-23)4-6-18(15)21-8-10-22(11-9-21)28(24,25)20-7-5-17(26-2)13-19(20)27-3/h4-7,12-14H,8-11H2,1-3H3. The first-order chi connectivity index (χ1) is 13.4. The number of sulfonamides is 1. The number of hydrogen-bond donors (Lipinski definition) is 0. The molecule has 28 heavy (non-hydrogen) atoms. The Balaban J connectivity index is 1.78. The summed E-state index contributed by atoms with van der Waals surface area (Å²) >= 11 is 0. The lowest BCUT2D eigenvalue weighted by atomic mass is 10.1. The Labute approximate surface area is 165 Å². The Hall–Kier alpha value is -2.58. The summed E-state index contributed by atoms with van der Waals surface area (Å²) < 4.78 is 38.1. The number of methoxy groups -OCH3 is 2. The van der Waals surface area contributed by atoms with Crippen LogP contribution >= 0.6 is 0 Å². The molecule has 1 heterocycles. The average Bonchev–Trinajstić information content (AvgIpc) is 2.73. The van der Waals surface area contributed by atoms with E-state index in [-0.39, 0.29) is 10.6 Å². The van der Waals surface area contributed by atoms with Crippen LogP contribution in [0.15, 0.2) is 41.3 Å². The Morgan fingerprint density at radius 2 is 1.68 bits per heavy atom. The molecule has 0 aliphatic carbocycles. The molecule has 0 saturated carbocycles. The number of anilines is 1. The van der Waals surface area contributed by atoms with Crippen LogP contribution in [0.5, 0.6) is 11.5 Å². The molecule has 0 atom stereocenters. The van der Waals surface area contributed by atoms with Crippen molar-refractivity contribution in [3.05, 3.63) is 47.5 Å². The third kappa shape index (κ3) is 3.83. The molecule has 150 valence electrons. The second-order valence-electron chi connectivity index (χ2n) is 6.57. The third-order valence-corrected chi connectivity index (χ3v) is 6.86. The van der Waals surface area contributed by atoms with Crippen molar-refractivity contribution in [1.29, 1.82) is 0 Å². The molecule has 1 aliphatic rings. The van der Waals surface area contributed by atoms with E-state index in [2.05, 4.69) is 4.90 Å². The lowest BCUT2D eigenvalue weighted by Crippen LogP contribution is -2.48. The van der Waals surface area contributed by atoms with E-state index >= 15 is 0 Å². The summed E-state index contributed by atoms with van der Waals surface area (Å²) in [6, 6.07) is 10.2. The van der Waals surface area contributed by atoms with Gasteiger partial charge in [0, 0.05) is 43.5 Å². The van der Waals surface area contributed by atoms with Crippen molar-refractivity contribution < 1.29 is 22.7 Å². The molecule has 1 aliphatic heterocycles. The largest absolute Gasteiger partial charge is 0.497 e. The molecule has 0 radical (unpaired) electrons. The second kappa shape index (κ2) is 8.20. The van der Waals surface area contributed by atoms with E-state index in [0.29, 0.717) is 37.5 Å². The van der Waals surface area contributed by atoms with Gasteiger partial charge in [0.1, 0.15) is 22.7 Å². The zero-order valence-electron chi connectivity index (χ0n) is 16.2. The van der Waals surface area contributed by atoms with Gasteiger partial charge in [-0.2, -0.15) is 4.31 Å². The molecule has 1 fully saturated rings. The van der Waals surface area contributed by atoms with E-state index < -0.39 is 10.0 Å². The number of carbonyl (C=O) groups is 1. The topological polar surface area (TPSA) is 76.2 Å². The number of ether oxygens (including phenoxy) is 2. The van der Waals surface area contributed by atoms with Gasteiger partial charge in [0.2, 0.25) is 10.0 Å². The van der Waals surface area contributed by atoms with Crippen LogP contribution in [0.1, 0.15) is 15.9 Å². The summed E-state index contributed by atoms with van der Waals surface area (Å²) in [7, 11) is -0.715. The molecule has 0 unspecified atom stereocenters. The van der Waals surface area contributed by atoms with Crippen molar-refractivity contribution in [2.75, 3.05) is 45.3 Å². The summed E-state index contributed by atoms with van der Waals surface area (Å²) in [6.07, 6.45) is 0.823. The van der Waals surface area contributed by atoms with Crippen LogP contribution in [0.4, 0.5) is 5.69 Å². The smallest absolute Gasteiger partial charge is 0.246 e. The highest BCUT2D eigenvalue weighted by molar-refractivity contribution is 7.89. The van der Waals surface area contributed by atoms with Crippen molar-refractivity contribution in [3.63, 3.8) is 0 Å². The Bertz CT molecular complexity index is 967. The lowest BCUT2D eigenvalue weighted by Gasteiger charge is -2.36. The average molecular weight is 404 g/mol. The maximum Gasteiger partial charge on any atom is 0.246 e. The molecule has 0 spiro atoms. The van der Waals surface area contributed by atoms with Gasteiger partial charge >= 0.3 is 0 Å². The second-order valence-corrected chi connectivity index (χ2v) is 8.48. The van der Waals surface area contributed by atoms with Gasteiger partial charge in [0.15, 0.2) is 0 Å². The minimum atomic E-state index is -3.68. The number of aldehydes is 1. The van der Waals surface area contributed by atoms with Gasteiger partial charge in [-0.1, -0.05) is 0 Å². The highest BCUT2D eigenvalue weighted by Gasteiger charge is 2.31. The number of piperazine rings is 1. The molecular weight excluding hydrogens is 380 g/mol. The van der Waals surface area contributed by atoms with Crippen LogP contribution in [0, 0.1) is 6.92 Å². The van der Waals surface area contributed by atoms with E-state index in [1.165, 1.54) is 24.6 Å². The Morgan fingerprint density at radius 3 is 2.25 bits per heavy atom. The predicted molar refractivity (Wildman–Crippen MR) is 107 cm³/mol. The first-order valence-corrected chi connectivity index (χ1v) is 10.4. The zero-order valence-corrected chi connectivity index (χ0v) is 17.0. The summed E-state index contributed by atoms with van der Waals surface area (Å²) in [5.74, 6) is 0.803. The number of hydrogen-bond acceptors (Lipinski definition) is 6. The van der Waals surface area contributed by atoms with Crippen molar-refractivity contribution >= 4 is 22.0 Å². The molecule has 8 heteroatoms. The van der Waals surface area contributed by atoms with Crippen molar-refractivity contribution in [2.45, 2.75) is 11.8 Å². The Morgan fingerprint density at radius 1 is 0.964 bits per heavy atom. The number of rotatable bonds is 6. The summed E-state index contributed by atoms with van der Waals surface area (Å²) in [5, 5.41) is 0.